The van der Waals surface area contributed by atoms with Gasteiger partial charge in [-0.1, -0.05) is 13.0 Å². The van der Waals surface area contributed by atoms with Crippen LogP contribution in [0.3, 0.4) is 0 Å². The zero-order chi connectivity index (χ0) is 20.6. The number of hydrogen-bond donors (Lipinski definition) is 0. The standard InChI is InChI=1S/C23H30N2O4/c1-4-24-11-13-25(14-12-24)23(26)18-9-10-22(28-5-2)19(15-18)17-29-21-8-6-7-20(16-21)27-3/h6-10,15-16H,4-5,11-14,17H2,1-3H3. The smallest absolute Gasteiger partial charge is 0.253 e. The van der Waals surface area contributed by atoms with Crippen LogP contribution in [0.4, 0.5) is 0 Å². The van der Waals surface area contributed by atoms with Gasteiger partial charge in [0.15, 0.2) is 0 Å². The number of nitrogens with zero attached hydrogens (tertiary/aromatic N) is 2. The SMILES string of the molecule is CCOc1ccc(C(=O)N2CCN(CC)CC2)cc1COc1cccc(OC)c1. The van der Waals surface area contributed by atoms with Gasteiger partial charge in [-0.05, 0) is 43.8 Å². The Bertz CT molecular complexity index is 816. The molecule has 0 aliphatic carbocycles. The first-order chi connectivity index (χ1) is 14.1. The molecule has 156 valence electrons. The van der Waals surface area contributed by atoms with E-state index in [1.165, 1.54) is 0 Å². The fourth-order valence-corrected chi connectivity index (χ4v) is 3.42. The molecule has 1 fully saturated rings. The van der Waals surface area contributed by atoms with Crippen LogP contribution in [0.15, 0.2) is 42.5 Å². The molecular formula is C23H30N2O4. The highest BCUT2D eigenvalue weighted by atomic mass is 16.5. The Labute approximate surface area is 173 Å². The maximum atomic E-state index is 13.0. The third-order valence-electron chi connectivity index (χ3n) is 5.15. The number of amides is 1. The molecule has 1 amide bonds. The average molecular weight is 399 g/mol. The van der Waals surface area contributed by atoms with Crippen molar-refractivity contribution in [3.8, 4) is 17.2 Å². The second-order valence-electron chi connectivity index (χ2n) is 6.95. The summed E-state index contributed by atoms with van der Waals surface area (Å²) in [6, 6.07) is 13.1. The van der Waals surface area contributed by atoms with E-state index in [9.17, 15) is 4.79 Å². The lowest BCUT2D eigenvalue weighted by molar-refractivity contribution is 0.0643. The van der Waals surface area contributed by atoms with Gasteiger partial charge in [-0.2, -0.15) is 0 Å². The summed E-state index contributed by atoms with van der Waals surface area (Å²) in [6.07, 6.45) is 0. The fourth-order valence-electron chi connectivity index (χ4n) is 3.42. The Morgan fingerprint density at radius 3 is 2.41 bits per heavy atom. The molecule has 1 heterocycles. The van der Waals surface area contributed by atoms with Crippen molar-refractivity contribution in [1.29, 1.82) is 0 Å². The molecule has 0 atom stereocenters. The van der Waals surface area contributed by atoms with Gasteiger partial charge in [0.2, 0.25) is 0 Å². The minimum absolute atomic E-state index is 0.0615. The maximum absolute atomic E-state index is 13.0. The highest BCUT2D eigenvalue weighted by Gasteiger charge is 2.22. The van der Waals surface area contributed by atoms with E-state index in [2.05, 4.69) is 11.8 Å². The summed E-state index contributed by atoms with van der Waals surface area (Å²) in [7, 11) is 1.63. The molecule has 1 aliphatic heterocycles. The number of likely N-dealkylation sites (N-methyl/N-ethyl adjacent to an activating group) is 1. The Balaban J connectivity index is 1.74. The minimum Gasteiger partial charge on any atom is -0.497 e. The molecule has 3 rings (SSSR count). The van der Waals surface area contributed by atoms with E-state index in [1.54, 1.807) is 7.11 Å². The molecule has 0 spiro atoms. The first-order valence-electron chi connectivity index (χ1n) is 10.2. The van der Waals surface area contributed by atoms with Crippen LogP contribution in [0.25, 0.3) is 0 Å². The Hall–Kier alpha value is -2.73. The predicted octanol–water partition coefficient (Wildman–Crippen LogP) is 3.45. The van der Waals surface area contributed by atoms with Crippen molar-refractivity contribution in [3.63, 3.8) is 0 Å². The zero-order valence-corrected chi connectivity index (χ0v) is 17.5. The van der Waals surface area contributed by atoms with Crippen molar-refractivity contribution in [1.82, 2.24) is 9.80 Å². The molecule has 0 N–H and O–H groups in total. The van der Waals surface area contributed by atoms with Gasteiger partial charge in [0.25, 0.3) is 5.91 Å². The summed E-state index contributed by atoms with van der Waals surface area (Å²) in [5, 5.41) is 0. The predicted molar refractivity (Wildman–Crippen MR) is 113 cm³/mol. The van der Waals surface area contributed by atoms with Gasteiger partial charge in [0, 0.05) is 43.4 Å². The van der Waals surface area contributed by atoms with E-state index in [0.29, 0.717) is 24.5 Å². The van der Waals surface area contributed by atoms with Gasteiger partial charge in [-0.15, -0.1) is 0 Å². The van der Waals surface area contributed by atoms with E-state index < -0.39 is 0 Å². The molecule has 0 aromatic heterocycles. The number of benzene rings is 2. The monoisotopic (exact) mass is 398 g/mol. The van der Waals surface area contributed by atoms with Crippen molar-refractivity contribution in [3.05, 3.63) is 53.6 Å². The van der Waals surface area contributed by atoms with E-state index >= 15 is 0 Å². The third-order valence-corrected chi connectivity index (χ3v) is 5.15. The van der Waals surface area contributed by atoms with Crippen molar-refractivity contribution in [2.75, 3.05) is 46.4 Å². The Morgan fingerprint density at radius 1 is 0.966 bits per heavy atom. The van der Waals surface area contributed by atoms with Gasteiger partial charge in [0.1, 0.15) is 23.9 Å². The first kappa shape index (κ1) is 21.0. The highest BCUT2D eigenvalue weighted by molar-refractivity contribution is 5.94. The van der Waals surface area contributed by atoms with Crippen LogP contribution in [0.5, 0.6) is 17.2 Å². The molecule has 0 saturated carbocycles. The fraction of sp³-hybridized carbons (Fsp3) is 0.435. The number of methoxy groups -OCH3 is 1. The van der Waals surface area contributed by atoms with Gasteiger partial charge in [0.05, 0.1) is 13.7 Å². The second kappa shape index (κ2) is 10.2. The summed E-state index contributed by atoms with van der Waals surface area (Å²) in [6.45, 7) is 9.35. The van der Waals surface area contributed by atoms with Crippen LogP contribution in [0, 0.1) is 0 Å². The van der Waals surface area contributed by atoms with Crippen molar-refractivity contribution < 1.29 is 19.0 Å². The first-order valence-corrected chi connectivity index (χ1v) is 10.2. The van der Waals surface area contributed by atoms with Crippen molar-refractivity contribution >= 4 is 5.91 Å². The third kappa shape index (κ3) is 5.41. The van der Waals surface area contributed by atoms with Gasteiger partial charge in [-0.25, -0.2) is 0 Å². The second-order valence-corrected chi connectivity index (χ2v) is 6.95. The summed E-state index contributed by atoms with van der Waals surface area (Å²) < 4.78 is 16.9. The summed E-state index contributed by atoms with van der Waals surface area (Å²) in [4.78, 5) is 17.3. The van der Waals surface area contributed by atoms with Gasteiger partial charge >= 0.3 is 0 Å². The van der Waals surface area contributed by atoms with Crippen LogP contribution in [0.1, 0.15) is 29.8 Å². The lowest BCUT2D eigenvalue weighted by Gasteiger charge is -2.34. The summed E-state index contributed by atoms with van der Waals surface area (Å²) >= 11 is 0. The van der Waals surface area contributed by atoms with E-state index in [0.717, 1.165) is 49.8 Å². The number of hydrogen-bond acceptors (Lipinski definition) is 5. The lowest BCUT2D eigenvalue weighted by Crippen LogP contribution is -2.48. The van der Waals surface area contributed by atoms with Crippen LogP contribution in [0.2, 0.25) is 0 Å². The lowest BCUT2D eigenvalue weighted by atomic mass is 10.1. The molecule has 1 saturated heterocycles. The number of ether oxygens (including phenoxy) is 3. The molecule has 0 bridgehead atoms. The van der Waals surface area contributed by atoms with Crippen molar-refractivity contribution in [2.45, 2.75) is 20.5 Å². The van der Waals surface area contributed by atoms with Gasteiger partial charge in [-0.3, -0.25) is 4.79 Å². The molecule has 1 aliphatic rings. The molecule has 6 heteroatoms. The molecule has 6 nitrogen and oxygen atoms in total. The van der Waals surface area contributed by atoms with Crippen LogP contribution < -0.4 is 14.2 Å². The summed E-state index contributed by atoms with van der Waals surface area (Å²) in [5.41, 5.74) is 1.52. The maximum Gasteiger partial charge on any atom is 0.253 e. The molecule has 29 heavy (non-hydrogen) atoms. The average Bonchev–Trinajstić information content (AvgIpc) is 2.78. The Morgan fingerprint density at radius 2 is 1.72 bits per heavy atom. The van der Waals surface area contributed by atoms with Crippen LogP contribution in [-0.2, 0) is 6.61 Å². The molecular weight excluding hydrogens is 368 g/mol. The number of carbonyl (C=O) groups excluding carboxylic acids is 1. The molecule has 0 unspecified atom stereocenters. The number of carbonyl (C=O) groups is 1. The highest BCUT2D eigenvalue weighted by Crippen LogP contribution is 2.25. The Kier molecular flexibility index (Phi) is 7.36. The normalized spacial score (nSPS) is 14.5. The van der Waals surface area contributed by atoms with E-state index in [4.69, 9.17) is 14.2 Å². The minimum atomic E-state index is 0.0615. The van der Waals surface area contributed by atoms with E-state index in [-0.39, 0.29) is 5.91 Å². The molecule has 0 radical (unpaired) electrons. The van der Waals surface area contributed by atoms with Gasteiger partial charge < -0.3 is 24.0 Å². The quantitative estimate of drug-likeness (QED) is 0.682. The van der Waals surface area contributed by atoms with E-state index in [1.807, 2.05) is 54.3 Å². The number of rotatable bonds is 8. The number of piperazine rings is 1. The zero-order valence-electron chi connectivity index (χ0n) is 17.5. The largest absolute Gasteiger partial charge is 0.497 e. The van der Waals surface area contributed by atoms with Crippen molar-refractivity contribution in [2.24, 2.45) is 0 Å². The van der Waals surface area contributed by atoms with Crippen LogP contribution in [-0.4, -0.2) is 62.1 Å². The molecule has 2 aromatic carbocycles. The topological polar surface area (TPSA) is 51.2 Å². The summed E-state index contributed by atoms with van der Waals surface area (Å²) in [5.74, 6) is 2.25. The molecule has 2 aromatic rings. The van der Waals surface area contributed by atoms with Crippen LogP contribution >= 0.6 is 0 Å².